The van der Waals surface area contributed by atoms with Crippen LogP contribution in [-0.4, -0.2) is 79.9 Å². The summed E-state index contributed by atoms with van der Waals surface area (Å²) < 4.78 is 41.5. The fraction of sp³-hybridized carbons (Fsp3) is 0.333. The Morgan fingerprint density at radius 2 is 1.88 bits per heavy atom. The summed E-state index contributed by atoms with van der Waals surface area (Å²) >= 11 is 6.29. The number of carbonyl (C=O) groups excluding carboxylic acids is 2. The lowest BCUT2D eigenvalue weighted by molar-refractivity contribution is -0.870. The van der Waals surface area contributed by atoms with E-state index in [9.17, 15) is 18.4 Å². The molecule has 1 heterocycles. The maximum Gasteiger partial charge on any atom is 0.291 e. The molecule has 0 fully saturated rings. The van der Waals surface area contributed by atoms with E-state index in [1.54, 1.807) is 6.07 Å². The van der Waals surface area contributed by atoms with Gasteiger partial charge in [0.15, 0.2) is 24.0 Å². The van der Waals surface area contributed by atoms with Crippen LogP contribution in [0.25, 0.3) is 11.3 Å². The third-order valence-corrected chi connectivity index (χ3v) is 6.03. The van der Waals surface area contributed by atoms with Crippen molar-refractivity contribution in [3.05, 3.63) is 64.6 Å². The van der Waals surface area contributed by atoms with Crippen molar-refractivity contribution in [3.63, 3.8) is 0 Å². The lowest BCUT2D eigenvalue weighted by atomic mass is 10.1. The number of amides is 2. The SMILES string of the molecule is Cn1c(-c2ccc(OCC#N)c(F)c2F)cnc1C(=O)Nc1ccc(C(=O)NCCOCC[N+](C)(C)C)c(Cl)c1. The first-order chi connectivity index (χ1) is 18.9. The van der Waals surface area contributed by atoms with Crippen molar-refractivity contribution in [2.24, 2.45) is 7.05 Å². The standard InChI is InChI=1S/C27H29ClF2N6O4/c1-35-21(19-7-8-22(40-12-9-31)24(30)23(19)29)16-33-25(35)27(38)34-17-5-6-18(20(28)15-17)26(37)32-10-13-39-14-11-36(2,3)4/h5-8,15-16H,10-14H2,1-4H3,(H-,32,34,37,38)/p+1. The Hall–Kier alpha value is -4.05. The number of hydrogen-bond acceptors (Lipinski definition) is 6. The summed E-state index contributed by atoms with van der Waals surface area (Å²) in [7, 11) is 7.66. The Kier molecular flexibility index (Phi) is 10.2. The van der Waals surface area contributed by atoms with E-state index in [4.69, 9.17) is 26.3 Å². The molecule has 0 aliphatic rings. The number of anilines is 1. The summed E-state index contributed by atoms with van der Waals surface area (Å²) in [6.45, 7) is 1.65. The van der Waals surface area contributed by atoms with Gasteiger partial charge in [-0.25, -0.2) is 9.37 Å². The number of benzene rings is 2. The second kappa shape index (κ2) is 13.3. The predicted octanol–water partition coefficient (Wildman–Crippen LogP) is 3.63. The van der Waals surface area contributed by atoms with Crippen molar-refractivity contribution >= 4 is 29.1 Å². The molecule has 0 aliphatic carbocycles. The molecule has 0 radical (unpaired) electrons. The number of nitriles is 1. The first-order valence-electron chi connectivity index (χ1n) is 12.2. The molecule has 10 nitrogen and oxygen atoms in total. The van der Waals surface area contributed by atoms with Gasteiger partial charge in [0.1, 0.15) is 12.6 Å². The van der Waals surface area contributed by atoms with E-state index in [-0.39, 0.29) is 33.6 Å². The minimum Gasteiger partial charge on any atom is -0.476 e. The van der Waals surface area contributed by atoms with E-state index < -0.39 is 29.9 Å². The highest BCUT2D eigenvalue weighted by atomic mass is 35.5. The van der Waals surface area contributed by atoms with Gasteiger partial charge in [-0.1, -0.05) is 11.6 Å². The number of quaternary nitrogens is 1. The van der Waals surface area contributed by atoms with Gasteiger partial charge >= 0.3 is 0 Å². The van der Waals surface area contributed by atoms with Crippen molar-refractivity contribution in [3.8, 4) is 23.1 Å². The molecule has 0 spiro atoms. The lowest BCUT2D eigenvalue weighted by Gasteiger charge is -2.23. The third-order valence-electron chi connectivity index (χ3n) is 5.72. The summed E-state index contributed by atoms with van der Waals surface area (Å²) in [6, 6.07) is 8.55. The van der Waals surface area contributed by atoms with Crippen molar-refractivity contribution in [1.29, 1.82) is 5.26 Å². The summed E-state index contributed by atoms with van der Waals surface area (Å²) in [5.41, 5.74) is 0.522. The molecule has 0 aliphatic heterocycles. The van der Waals surface area contributed by atoms with Crippen LogP contribution in [0.5, 0.6) is 5.75 Å². The first kappa shape index (κ1) is 30.5. The van der Waals surface area contributed by atoms with Crippen LogP contribution in [0.2, 0.25) is 5.02 Å². The molecule has 2 N–H and O–H groups in total. The van der Waals surface area contributed by atoms with E-state index >= 15 is 0 Å². The van der Waals surface area contributed by atoms with Crippen LogP contribution in [-0.2, 0) is 11.8 Å². The average molecular weight is 576 g/mol. The van der Waals surface area contributed by atoms with Crippen molar-refractivity contribution < 1.29 is 32.3 Å². The normalized spacial score (nSPS) is 11.2. The molecule has 212 valence electrons. The Bertz CT molecular complexity index is 1430. The molecule has 2 aromatic carbocycles. The topological polar surface area (TPSA) is 118 Å². The summed E-state index contributed by atoms with van der Waals surface area (Å²) in [4.78, 5) is 29.4. The molecule has 0 bridgehead atoms. The Morgan fingerprint density at radius 1 is 1.12 bits per heavy atom. The fourth-order valence-corrected chi connectivity index (χ4v) is 3.82. The number of nitrogens with one attached hydrogen (secondary N) is 2. The maximum atomic E-state index is 14.7. The van der Waals surface area contributed by atoms with Gasteiger partial charge in [-0.15, -0.1) is 0 Å². The Labute approximate surface area is 235 Å². The highest BCUT2D eigenvalue weighted by molar-refractivity contribution is 6.34. The second-order valence-electron chi connectivity index (χ2n) is 9.74. The third kappa shape index (κ3) is 7.75. The molecular weight excluding hydrogens is 546 g/mol. The van der Waals surface area contributed by atoms with Gasteiger partial charge in [-0.2, -0.15) is 9.65 Å². The molecule has 13 heteroatoms. The van der Waals surface area contributed by atoms with Crippen LogP contribution in [0.1, 0.15) is 21.0 Å². The molecule has 0 saturated carbocycles. The summed E-state index contributed by atoms with van der Waals surface area (Å²) in [6.07, 6.45) is 1.23. The zero-order chi connectivity index (χ0) is 29.4. The van der Waals surface area contributed by atoms with Gasteiger partial charge in [-0.3, -0.25) is 9.59 Å². The minimum atomic E-state index is -1.26. The van der Waals surface area contributed by atoms with Gasteiger partial charge in [0.25, 0.3) is 11.8 Å². The Morgan fingerprint density at radius 3 is 2.55 bits per heavy atom. The first-order valence-corrected chi connectivity index (χ1v) is 12.6. The molecular formula is C27H30ClF2N6O4+. The molecule has 0 saturated heterocycles. The number of rotatable bonds is 12. The molecule has 0 unspecified atom stereocenters. The highest BCUT2D eigenvalue weighted by Gasteiger charge is 2.22. The van der Waals surface area contributed by atoms with E-state index in [1.165, 1.54) is 48.1 Å². The number of carbonyl (C=O) groups is 2. The van der Waals surface area contributed by atoms with Crippen LogP contribution >= 0.6 is 11.6 Å². The number of nitrogens with zero attached hydrogens (tertiary/aromatic N) is 4. The monoisotopic (exact) mass is 575 g/mol. The fourth-order valence-electron chi connectivity index (χ4n) is 3.56. The van der Waals surface area contributed by atoms with E-state index in [1.807, 2.05) is 0 Å². The largest absolute Gasteiger partial charge is 0.476 e. The number of likely N-dealkylation sites (N-methyl/N-ethyl adjacent to an activating group) is 1. The zero-order valence-electron chi connectivity index (χ0n) is 22.6. The summed E-state index contributed by atoms with van der Waals surface area (Å²) in [5.74, 6) is -3.97. The number of aromatic nitrogens is 2. The lowest BCUT2D eigenvalue weighted by Crippen LogP contribution is -2.38. The molecule has 3 aromatic rings. The van der Waals surface area contributed by atoms with Crippen molar-refractivity contribution in [2.75, 3.05) is 59.4 Å². The van der Waals surface area contributed by atoms with Gasteiger partial charge in [-0.05, 0) is 30.3 Å². The van der Waals surface area contributed by atoms with Crippen LogP contribution in [0.4, 0.5) is 14.5 Å². The molecule has 3 rings (SSSR count). The van der Waals surface area contributed by atoms with Crippen molar-refractivity contribution in [1.82, 2.24) is 14.9 Å². The van der Waals surface area contributed by atoms with E-state index in [2.05, 4.69) is 36.8 Å². The molecule has 40 heavy (non-hydrogen) atoms. The second-order valence-corrected chi connectivity index (χ2v) is 10.2. The number of ether oxygens (including phenoxy) is 2. The number of halogens is 3. The highest BCUT2D eigenvalue weighted by Crippen LogP contribution is 2.30. The van der Waals surface area contributed by atoms with Gasteiger partial charge in [0.2, 0.25) is 5.82 Å². The zero-order valence-corrected chi connectivity index (χ0v) is 23.3. The quantitative estimate of drug-likeness (QED) is 0.252. The number of imidazole rings is 1. The van der Waals surface area contributed by atoms with Crippen LogP contribution in [0, 0.1) is 23.0 Å². The van der Waals surface area contributed by atoms with Gasteiger partial charge < -0.3 is 29.2 Å². The van der Waals surface area contributed by atoms with Gasteiger partial charge in [0.05, 0.1) is 56.8 Å². The number of hydrogen-bond donors (Lipinski definition) is 2. The Balaban J connectivity index is 1.63. The van der Waals surface area contributed by atoms with E-state index in [0.717, 1.165) is 11.0 Å². The summed E-state index contributed by atoms with van der Waals surface area (Å²) in [5, 5.41) is 14.1. The van der Waals surface area contributed by atoms with Crippen LogP contribution < -0.4 is 15.4 Å². The van der Waals surface area contributed by atoms with E-state index in [0.29, 0.717) is 25.4 Å². The van der Waals surface area contributed by atoms with Crippen molar-refractivity contribution in [2.45, 2.75) is 0 Å². The molecule has 1 aromatic heterocycles. The maximum absolute atomic E-state index is 14.7. The van der Waals surface area contributed by atoms with Gasteiger partial charge in [0, 0.05) is 24.8 Å². The minimum absolute atomic E-state index is 0.0807. The smallest absolute Gasteiger partial charge is 0.291 e. The van der Waals surface area contributed by atoms with Crippen LogP contribution in [0.15, 0.2) is 36.5 Å². The molecule has 0 atom stereocenters. The predicted molar refractivity (Wildman–Crippen MR) is 145 cm³/mol. The average Bonchev–Trinajstić information content (AvgIpc) is 3.27. The molecule has 2 amide bonds. The van der Waals surface area contributed by atoms with Crippen LogP contribution in [0.3, 0.4) is 0 Å².